The predicted octanol–water partition coefficient (Wildman–Crippen LogP) is 2.84. The molecule has 0 aliphatic heterocycles. The van der Waals surface area contributed by atoms with E-state index in [9.17, 15) is 21.6 Å². The molecule has 1 heterocycles. The van der Waals surface area contributed by atoms with Crippen LogP contribution in [0.4, 0.5) is 13.2 Å². The standard InChI is InChI=1S/C14H22F3N3O3S/c1-19(2)24(21,22)20-11(12(23-3)14(15,16)17)9-18-13(20)10-7-5-4-6-8-10/h9-10,12H,4-8H2,1-3H3. The van der Waals surface area contributed by atoms with E-state index in [0.717, 1.165) is 36.9 Å². The predicted molar refractivity (Wildman–Crippen MR) is 81.9 cm³/mol. The first-order valence-electron chi connectivity index (χ1n) is 7.70. The van der Waals surface area contributed by atoms with Crippen molar-refractivity contribution in [2.75, 3.05) is 21.2 Å². The molecule has 1 aliphatic carbocycles. The molecule has 1 unspecified atom stereocenters. The number of imidazole rings is 1. The first-order chi connectivity index (χ1) is 11.1. The molecule has 2 rings (SSSR count). The Balaban J connectivity index is 2.62. The molecule has 0 saturated heterocycles. The first-order valence-corrected chi connectivity index (χ1v) is 9.10. The van der Waals surface area contributed by atoms with Crippen molar-refractivity contribution >= 4 is 10.2 Å². The Morgan fingerprint density at radius 2 is 1.88 bits per heavy atom. The number of halogens is 3. The Kier molecular flexibility index (Phi) is 5.61. The summed E-state index contributed by atoms with van der Waals surface area (Å²) in [7, 11) is -0.697. The second kappa shape index (κ2) is 7.01. The van der Waals surface area contributed by atoms with Crippen molar-refractivity contribution in [3.63, 3.8) is 0 Å². The summed E-state index contributed by atoms with van der Waals surface area (Å²) >= 11 is 0. The zero-order chi connectivity index (χ0) is 18.1. The number of alkyl halides is 3. The Morgan fingerprint density at radius 3 is 2.33 bits per heavy atom. The van der Waals surface area contributed by atoms with Crippen LogP contribution >= 0.6 is 0 Å². The van der Waals surface area contributed by atoms with Crippen LogP contribution < -0.4 is 0 Å². The van der Waals surface area contributed by atoms with E-state index in [1.54, 1.807) is 0 Å². The van der Waals surface area contributed by atoms with Gasteiger partial charge >= 0.3 is 16.4 Å². The van der Waals surface area contributed by atoms with Gasteiger partial charge in [-0.15, -0.1) is 0 Å². The summed E-state index contributed by atoms with van der Waals surface area (Å²) in [6.07, 6.45) is -1.86. The van der Waals surface area contributed by atoms with Gasteiger partial charge in [0.15, 0.2) is 6.10 Å². The van der Waals surface area contributed by atoms with E-state index in [0.29, 0.717) is 16.8 Å². The minimum atomic E-state index is -4.74. The van der Waals surface area contributed by atoms with Crippen LogP contribution in [0.25, 0.3) is 0 Å². The van der Waals surface area contributed by atoms with E-state index >= 15 is 0 Å². The van der Waals surface area contributed by atoms with Crippen LogP contribution in [0.2, 0.25) is 0 Å². The average molecular weight is 369 g/mol. The van der Waals surface area contributed by atoms with E-state index in [1.807, 2.05) is 0 Å². The minimum absolute atomic E-state index is 0.157. The normalized spacial score (nSPS) is 19.0. The summed E-state index contributed by atoms with van der Waals surface area (Å²) in [5.74, 6) is -0.0161. The maximum absolute atomic E-state index is 13.3. The van der Waals surface area contributed by atoms with Crippen LogP contribution in [-0.4, -0.2) is 49.1 Å². The van der Waals surface area contributed by atoms with Gasteiger partial charge in [-0.1, -0.05) is 19.3 Å². The Labute approximate surface area is 139 Å². The fraction of sp³-hybridized carbons (Fsp3) is 0.786. The molecule has 6 nitrogen and oxygen atoms in total. The molecule has 1 aromatic rings. The molecule has 24 heavy (non-hydrogen) atoms. The van der Waals surface area contributed by atoms with Gasteiger partial charge in [-0.2, -0.15) is 25.9 Å². The van der Waals surface area contributed by atoms with Crippen molar-refractivity contribution in [3.05, 3.63) is 17.7 Å². The highest BCUT2D eigenvalue weighted by Crippen LogP contribution is 2.39. The number of hydrogen-bond donors (Lipinski definition) is 0. The molecule has 10 heteroatoms. The monoisotopic (exact) mass is 369 g/mol. The van der Waals surface area contributed by atoms with Crippen LogP contribution in [0.3, 0.4) is 0 Å². The number of hydrogen-bond acceptors (Lipinski definition) is 4. The fourth-order valence-corrected chi connectivity index (χ4v) is 4.18. The Hall–Kier alpha value is -1.13. The van der Waals surface area contributed by atoms with E-state index in [4.69, 9.17) is 0 Å². The van der Waals surface area contributed by atoms with Crippen LogP contribution in [0.15, 0.2) is 6.20 Å². The fourth-order valence-electron chi connectivity index (χ4n) is 3.01. The molecule has 1 atom stereocenters. The van der Waals surface area contributed by atoms with Crippen LogP contribution in [0, 0.1) is 0 Å². The van der Waals surface area contributed by atoms with Crippen LogP contribution in [0.5, 0.6) is 0 Å². The molecule has 1 aromatic heterocycles. The lowest BCUT2D eigenvalue weighted by atomic mass is 9.89. The van der Waals surface area contributed by atoms with Crippen molar-refractivity contribution in [2.24, 2.45) is 0 Å². The third-order valence-electron chi connectivity index (χ3n) is 4.24. The zero-order valence-corrected chi connectivity index (χ0v) is 14.7. The van der Waals surface area contributed by atoms with Gasteiger partial charge < -0.3 is 4.74 Å². The molecule has 0 aromatic carbocycles. The van der Waals surface area contributed by atoms with Gasteiger partial charge in [0, 0.05) is 27.1 Å². The topological polar surface area (TPSA) is 64.4 Å². The molecule has 0 radical (unpaired) electrons. The summed E-state index contributed by atoms with van der Waals surface area (Å²) in [5, 5.41) is 0. The minimum Gasteiger partial charge on any atom is -0.366 e. The average Bonchev–Trinajstić information content (AvgIpc) is 2.92. The van der Waals surface area contributed by atoms with Gasteiger partial charge in [0.2, 0.25) is 0 Å². The number of ether oxygens (including phenoxy) is 1. The molecular formula is C14H22F3N3O3S. The molecule has 138 valence electrons. The maximum atomic E-state index is 13.3. The molecular weight excluding hydrogens is 347 g/mol. The maximum Gasteiger partial charge on any atom is 0.420 e. The highest BCUT2D eigenvalue weighted by atomic mass is 32.2. The molecule has 0 amide bonds. The molecule has 1 saturated carbocycles. The SMILES string of the molecule is COC(c1cnc(C2CCCCC2)n1S(=O)(=O)N(C)C)C(F)(F)F. The Morgan fingerprint density at radius 1 is 1.29 bits per heavy atom. The highest BCUT2D eigenvalue weighted by molar-refractivity contribution is 7.87. The second-order valence-electron chi connectivity index (χ2n) is 6.09. The summed E-state index contributed by atoms with van der Waals surface area (Å²) in [5.41, 5.74) is -0.515. The number of nitrogens with zero attached hydrogens (tertiary/aromatic N) is 3. The van der Waals surface area contributed by atoms with Gasteiger partial charge in [-0.3, -0.25) is 0 Å². The van der Waals surface area contributed by atoms with Gasteiger partial charge in [0.05, 0.1) is 11.9 Å². The lowest BCUT2D eigenvalue weighted by Crippen LogP contribution is -2.35. The highest BCUT2D eigenvalue weighted by Gasteiger charge is 2.45. The van der Waals surface area contributed by atoms with E-state index in [1.165, 1.54) is 14.1 Å². The van der Waals surface area contributed by atoms with Gasteiger partial charge in [-0.05, 0) is 12.8 Å². The summed E-state index contributed by atoms with van der Waals surface area (Å²) in [4.78, 5) is 4.05. The quantitative estimate of drug-likeness (QED) is 0.801. The molecule has 0 spiro atoms. The van der Waals surface area contributed by atoms with Crippen LogP contribution in [-0.2, 0) is 14.9 Å². The van der Waals surface area contributed by atoms with Crippen molar-refractivity contribution in [1.82, 2.24) is 13.3 Å². The number of aromatic nitrogens is 2. The lowest BCUT2D eigenvalue weighted by molar-refractivity contribution is -0.217. The molecule has 0 N–H and O–H groups in total. The molecule has 0 bridgehead atoms. The summed E-state index contributed by atoms with van der Waals surface area (Å²) in [6.45, 7) is 0. The van der Waals surface area contributed by atoms with Crippen molar-refractivity contribution in [3.8, 4) is 0 Å². The van der Waals surface area contributed by atoms with Crippen molar-refractivity contribution < 1.29 is 26.3 Å². The lowest BCUT2D eigenvalue weighted by Gasteiger charge is -2.26. The first kappa shape index (κ1) is 19.2. The summed E-state index contributed by atoms with van der Waals surface area (Å²) < 4.78 is 71.2. The molecule has 1 fully saturated rings. The smallest absolute Gasteiger partial charge is 0.366 e. The van der Waals surface area contributed by atoms with Crippen LogP contribution in [0.1, 0.15) is 55.6 Å². The number of rotatable bonds is 5. The van der Waals surface area contributed by atoms with Crippen molar-refractivity contribution in [1.29, 1.82) is 0 Å². The third kappa shape index (κ3) is 3.60. The van der Waals surface area contributed by atoms with E-state index < -0.39 is 28.2 Å². The van der Waals surface area contributed by atoms with Gasteiger partial charge in [-0.25, -0.2) is 8.96 Å². The van der Waals surface area contributed by atoms with E-state index in [-0.39, 0.29) is 11.7 Å². The third-order valence-corrected chi connectivity index (χ3v) is 6.02. The van der Waals surface area contributed by atoms with Crippen molar-refractivity contribution in [2.45, 2.75) is 50.3 Å². The van der Waals surface area contributed by atoms with Gasteiger partial charge in [0.25, 0.3) is 0 Å². The summed E-state index contributed by atoms with van der Waals surface area (Å²) in [6, 6.07) is 0. The largest absolute Gasteiger partial charge is 0.420 e. The zero-order valence-electron chi connectivity index (χ0n) is 13.9. The second-order valence-corrected chi connectivity index (χ2v) is 8.08. The van der Waals surface area contributed by atoms with Gasteiger partial charge in [0.1, 0.15) is 5.82 Å². The van der Waals surface area contributed by atoms with E-state index in [2.05, 4.69) is 9.72 Å². The Bertz CT molecular complexity index is 665. The molecule has 1 aliphatic rings. The number of methoxy groups -OCH3 is 1.